The largest absolute Gasteiger partial charge is 0.489 e. The predicted octanol–water partition coefficient (Wildman–Crippen LogP) is 2.64. The molecule has 0 radical (unpaired) electrons. The Labute approximate surface area is 205 Å². The zero-order chi connectivity index (χ0) is 24.4. The third-order valence-electron chi connectivity index (χ3n) is 7.16. The summed E-state index contributed by atoms with van der Waals surface area (Å²) in [7, 11) is 1.79. The van der Waals surface area contributed by atoms with E-state index in [4.69, 9.17) is 9.47 Å². The summed E-state index contributed by atoms with van der Waals surface area (Å²) in [6.45, 7) is 3.66. The number of hydrogen-bond donors (Lipinski definition) is 1. The molecule has 3 amide bonds. The van der Waals surface area contributed by atoms with Crippen LogP contribution in [-0.2, 0) is 34.0 Å². The van der Waals surface area contributed by atoms with Gasteiger partial charge in [-0.05, 0) is 49.1 Å². The number of nitrogens with one attached hydrogen (secondary N) is 1. The number of fused-ring (bicyclic) bond motifs is 1. The lowest BCUT2D eigenvalue weighted by molar-refractivity contribution is -0.136. The Kier molecular flexibility index (Phi) is 6.83. The van der Waals surface area contributed by atoms with Crippen molar-refractivity contribution in [2.24, 2.45) is 0 Å². The van der Waals surface area contributed by atoms with Gasteiger partial charge in [0.1, 0.15) is 18.4 Å². The zero-order valence-electron chi connectivity index (χ0n) is 20.0. The van der Waals surface area contributed by atoms with Crippen LogP contribution in [0, 0.1) is 0 Å². The molecule has 0 aromatic heterocycles. The van der Waals surface area contributed by atoms with Crippen molar-refractivity contribution in [2.75, 3.05) is 20.2 Å². The van der Waals surface area contributed by atoms with Crippen molar-refractivity contribution in [3.63, 3.8) is 0 Å². The van der Waals surface area contributed by atoms with Gasteiger partial charge in [0, 0.05) is 37.7 Å². The maximum absolute atomic E-state index is 13.0. The molecule has 3 heterocycles. The van der Waals surface area contributed by atoms with Crippen LogP contribution in [0.25, 0.3) is 0 Å². The Morgan fingerprint density at radius 1 is 1.03 bits per heavy atom. The van der Waals surface area contributed by atoms with E-state index in [1.165, 1.54) is 5.56 Å². The number of carbonyl (C=O) groups excluding carboxylic acids is 3. The summed E-state index contributed by atoms with van der Waals surface area (Å²) >= 11 is 0. The lowest BCUT2D eigenvalue weighted by atomic mass is 10.0. The third-order valence-corrected chi connectivity index (χ3v) is 7.16. The summed E-state index contributed by atoms with van der Waals surface area (Å²) in [5.74, 6) is -0.251. The summed E-state index contributed by atoms with van der Waals surface area (Å²) in [5.41, 5.74) is 3.65. The van der Waals surface area contributed by atoms with Gasteiger partial charge in [-0.3, -0.25) is 24.6 Å². The quantitative estimate of drug-likeness (QED) is 0.617. The Balaban J connectivity index is 1.21. The van der Waals surface area contributed by atoms with E-state index in [2.05, 4.69) is 34.5 Å². The van der Waals surface area contributed by atoms with Gasteiger partial charge in [-0.1, -0.05) is 30.3 Å². The van der Waals surface area contributed by atoms with Crippen molar-refractivity contribution < 1.29 is 23.9 Å². The highest BCUT2D eigenvalue weighted by Gasteiger charge is 2.40. The van der Waals surface area contributed by atoms with Crippen molar-refractivity contribution in [1.82, 2.24) is 15.1 Å². The van der Waals surface area contributed by atoms with Crippen LogP contribution in [-0.4, -0.2) is 59.9 Å². The molecule has 2 saturated heterocycles. The Morgan fingerprint density at radius 3 is 2.60 bits per heavy atom. The van der Waals surface area contributed by atoms with Gasteiger partial charge >= 0.3 is 0 Å². The van der Waals surface area contributed by atoms with Gasteiger partial charge in [-0.25, -0.2) is 0 Å². The number of likely N-dealkylation sites (tertiary alicyclic amines) is 1. The van der Waals surface area contributed by atoms with E-state index in [-0.39, 0.29) is 18.2 Å². The fraction of sp³-hybridized carbons (Fsp3) is 0.444. The normalized spacial score (nSPS) is 22.8. The molecule has 0 aliphatic carbocycles. The van der Waals surface area contributed by atoms with E-state index in [0.717, 1.165) is 43.6 Å². The van der Waals surface area contributed by atoms with E-state index in [1.807, 2.05) is 6.07 Å². The number of hydrogen-bond acceptors (Lipinski definition) is 6. The minimum atomic E-state index is -0.632. The number of carbonyl (C=O) groups is 3. The Bertz CT molecular complexity index is 1120. The average molecular weight is 478 g/mol. The molecule has 2 aromatic carbocycles. The molecule has 2 fully saturated rings. The number of amides is 3. The van der Waals surface area contributed by atoms with Gasteiger partial charge in [-0.15, -0.1) is 0 Å². The van der Waals surface area contributed by atoms with E-state index in [9.17, 15) is 14.4 Å². The number of imide groups is 1. The summed E-state index contributed by atoms with van der Waals surface area (Å²) in [4.78, 5) is 40.8. The van der Waals surface area contributed by atoms with Crippen molar-refractivity contribution in [3.8, 4) is 5.75 Å². The SMILES string of the molecule is COC1CCCN(Cc2ccc(COc3cccc4c3CN(C3CCC(=O)NC3=O)C4=O)cc2)C1. The summed E-state index contributed by atoms with van der Waals surface area (Å²) in [6.07, 6.45) is 3.19. The molecule has 3 aliphatic heterocycles. The molecule has 2 atom stereocenters. The highest BCUT2D eigenvalue weighted by atomic mass is 16.5. The van der Waals surface area contributed by atoms with E-state index in [0.29, 0.717) is 37.0 Å². The first-order valence-electron chi connectivity index (χ1n) is 12.2. The summed E-state index contributed by atoms with van der Waals surface area (Å²) in [5, 5.41) is 2.34. The number of nitrogens with zero attached hydrogens (tertiary/aromatic N) is 2. The second kappa shape index (κ2) is 10.2. The van der Waals surface area contributed by atoms with Crippen LogP contribution >= 0.6 is 0 Å². The van der Waals surface area contributed by atoms with Gasteiger partial charge in [0.2, 0.25) is 11.8 Å². The first-order valence-corrected chi connectivity index (χ1v) is 12.2. The van der Waals surface area contributed by atoms with Gasteiger partial charge in [0.25, 0.3) is 5.91 Å². The second-order valence-corrected chi connectivity index (χ2v) is 9.52. The van der Waals surface area contributed by atoms with Crippen LogP contribution < -0.4 is 10.1 Å². The molecule has 8 nitrogen and oxygen atoms in total. The van der Waals surface area contributed by atoms with Crippen molar-refractivity contribution in [2.45, 2.75) is 57.5 Å². The monoisotopic (exact) mass is 477 g/mol. The fourth-order valence-electron chi connectivity index (χ4n) is 5.20. The number of ether oxygens (including phenoxy) is 2. The molecule has 0 bridgehead atoms. The maximum Gasteiger partial charge on any atom is 0.255 e. The fourth-order valence-corrected chi connectivity index (χ4v) is 5.20. The number of rotatable bonds is 7. The lowest BCUT2D eigenvalue weighted by Gasteiger charge is -2.31. The smallest absolute Gasteiger partial charge is 0.255 e. The van der Waals surface area contributed by atoms with Crippen LogP contribution in [0.15, 0.2) is 42.5 Å². The van der Waals surface area contributed by atoms with Gasteiger partial charge in [-0.2, -0.15) is 0 Å². The molecule has 1 N–H and O–H groups in total. The lowest BCUT2D eigenvalue weighted by Crippen LogP contribution is -2.52. The number of piperidine rings is 2. The molecular formula is C27H31N3O5. The van der Waals surface area contributed by atoms with Gasteiger partial charge in [0.15, 0.2) is 0 Å². The zero-order valence-corrected chi connectivity index (χ0v) is 20.0. The van der Waals surface area contributed by atoms with Crippen LogP contribution in [0.5, 0.6) is 5.75 Å². The van der Waals surface area contributed by atoms with E-state index in [1.54, 1.807) is 24.1 Å². The molecule has 2 aromatic rings. The standard InChI is InChI=1S/C27H31N3O5/c1-34-20-4-3-13-29(15-20)14-18-7-9-19(10-8-18)17-35-24-6-2-5-21-22(24)16-30(27(21)33)23-11-12-25(31)28-26(23)32/h2,5-10,20,23H,3-4,11-17H2,1H3,(H,28,31,32). The van der Waals surface area contributed by atoms with Crippen LogP contribution in [0.1, 0.15) is 52.7 Å². The highest BCUT2D eigenvalue weighted by Crippen LogP contribution is 2.34. The van der Waals surface area contributed by atoms with Crippen molar-refractivity contribution in [1.29, 1.82) is 0 Å². The molecule has 8 heteroatoms. The molecule has 184 valence electrons. The molecule has 2 unspecified atom stereocenters. The van der Waals surface area contributed by atoms with Gasteiger partial charge in [0.05, 0.1) is 12.6 Å². The maximum atomic E-state index is 13.0. The van der Waals surface area contributed by atoms with Crippen molar-refractivity contribution in [3.05, 3.63) is 64.7 Å². The average Bonchev–Trinajstić information content (AvgIpc) is 3.20. The van der Waals surface area contributed by atoms with Crippen LogP contribution in [0.3, 0.4) is 0 Å². The molecule has 3 aliphatic rings. The first-order chi connectivity index (χ1) is 17.0. The number of benzene rings is 2. The van der Waals surface area contributed by atoms with E-state index < -0.39 is 11.9 Å². The molecule has 35 heavy (non-hydrogen) atoms. The number of methoxy groups -OCH3 is 1. The summed E-state index contributed by atoms with van der Waals surface area (Å²) in [6, 6.07) is 13.2. The topological polar surface area (TPSA) is 88.2 Å². The minimum absolute atomic E-state index is 0.197. The highest BCUT2D eigenvalue weighted by molar-refractivity contribution is 6.05. The summed E-state index contributed by atoms with van der Waals surface area (Å²) < 4.78 is 11.6. The van der Waals surface area contributed by atoms with Crippen LogP contribution in [0.2, 0.25) is 0 Å². The molecule has 0 saturated carbocycles. The molecule has 5 rings (SSSR count). The van der Waals surface area contributed by atoms with E-state index >= 15 is 0 Å². The molecular weight excluding hydrogens is 446 g/mol. The predicted molar refractivity (Wildman–Crippen MR) is 129 cm³/mol. The Morgan fingerprint density at radius 2 is 1.83 bits per heavy atom. The molecule has 0 spiro atoms. The third kappa shape index (κ3) is 5.09. The first kappa shape index (κ1) is 23.5. The minimum Gasteiger partial charge on any atom is -0.489 e. The second-order valence-electron chi connectivity index (χ2n) is 9.52. The Hall–Kier alpha value is -3.23. The van der Waals surface area contributed by atoms with Crippen LogP contribution in [0.4, 0.5) is 0 Å². The van der Waals surface area contributed by atoms with Gasteiger partial charge < -0.3 is 14.4 Å². The van der Waals surface area contributed by atoms with Crippen molar-refractivity contribution >= 4 is 17.7 Å².